The Morgan fingerprint density at radius 1 is 1.14 bits per heavy atom. The first-order valence-corrected chi connectivity index (χ1v) is 7.08. The van der Waals surface area contributed by atoms with Crippen molar-refractivity contribution in [2.24, 2.45) is 5.92 Å². The predicted octanol–water partition coefficient (Wildman–Crippen LogP) is -1.63. The number of hydrogen-bond donors (Lipinski definition) is 1. The molecule has 116 valence electrons. The van der Waals surface area contributed by atoms with Gasteiger partial charge in [0, 0.05) is 5.56 Å². The van der Waals surface area contributed by atoms with Crippen molar-refractivity contribution in [2.45, 2.75) is 46.3 Å². The molecule has 0 heterocycles. The van der Waals surface area contributed by atoms with E-state index in [0.717, 1.165) is 0 Å². The second kappa shape index (κ2) is 9.87. The van der Waals surface area contributed by atoms with Crippen molar-refractivity contribution in [2.75, 3.05) is 0 Å². The molecule has 0 radical (unpaired) electrons. The topological polar surface area (TPSA) is 78.5 Å². The maximum absolute atomic E-state index is 12.0. The van der Waals surface area contributed by atoms with E-state index < -0.39 is 17.9 Å². The fourth-order valence-electron chi connectivity index (χ4n) is 1.88. The van der Waals surface area contributed by atoms with E-state index in [4.69, 9.17) is 4.74 Å². The van der Waals surface area contributed by atoms with Gasteiger partial charge >= 0.3 is 29.6 Å². The smallest absolute Gasteiger partial charge is 0.548 e. The van der Waals surface area contributed by atoms with Crippen LogP contribution < -0.4 is 44.7 Å². The third kappa shape index (κ3) is 7.29. The zero-order valence-electron chi connectivity index (χ0n) is 13.9. The van der Waals surface area contributed by atoms with Crippen LogP contribution in [-0.2, 0) is 4.79 Å². The van der Waals surface area contributed by atoms with Crippen LogP contribution in [0, 0.1) is 5.92 Å². The van der Waals surface area contributed by atoms with Gasteiger partial charge in [0.25, 0.3) is 5.91 Å². The molecular weight excluding hydrogens is 293 g/mol. The van der Waals surface area contributed by atoms with Crippen molar-refractivity contribution in [3.05, 3.63) is 29.8 Å². The van der Waals surface area contributed by atoms with E-state index in [1.165, 1.54) is 0 Å². The first-order valence-electron chi connectivity index (χ1n) is 7.08. The third-order valence-electron chi connectivity index (χ3n) is 2.79. The summed E-state index contributed by atoms with van der Waals surface area (Å²) in [5.74, 6) is -0.882. The maximum atomic E-state index is 12.0. The van der Waals surface area contributed by atoms with Crippen molar-refractivity contribution < 1.29 is 49.0 Å². The molecule has 1 atom stereocenters. The summed E-state index contributed by atoms with van der Waals surface area (Å²) in [4.78, 5) is 23.1. The Labute approximate surface area is 153 Å². The molecule has 1 unspecified atom stereocenters. The second-order valence-corrected chi connectivity index (χ2v) is 5.67. The van der Waals surface area contributed by atoms with E-state index in [1.54, 1.807) is 24.3 Å². The van der Waals surface area contributed by atoms with Gasteiger partial charge in [-0.25, -0.2) is 0 Å². The number of carboxylic acids is 1. The molecule has 0 aliphatic rings. The molecule has 6 heteroatoms. The Morgan fingerprint density at radius 3 is 2.09 bits per heavy atom. The minimum atomic E-state index is -1.27. The first kappa shape index (κ1) is 21.0. The number of carboxylic acid groups (broad SMARTS) is 1. The number of carbonyl (C=O) groups excluding carboxylic acids is 2. The summed E-state index contributed by atoms with van der Waals surface area (Å²) in [5.41, 5.74) is 0.390. The number of ether oxygens (including phenoxy) is 1. The van der Waals surface area contributed by atoms with Gasteiger partial charge in [-0.15, -0.1) is 0 Å². The van der Waals surface area contributed by atoms with E-state index in [1.807, 2.05) is 27.7 Å². The average Bonchev–Trinajstić information content (AvgIpc) is 2.37. The van der Waals surface area contributed by atoms with Gasteiger partial charge in [-0.3, -0.25) is 4.79 Å². The van der Waals surface area contributed by atoms with Crippen molar-refractivity contribution in [3.63, 3.8) is 0 Å². The normalized spacial score (nSPS) is 11.7. The number of nitrogens with one attached hydrogen (secondary N) is 1. The molecule has 1 aromatic carbocycles. The standard InChI is InChI=1S/C16H23NO4.Na/c1-10(2)9-14(16(19)20)17-15(18)12-5-7-13(8-6-12)21-11(3)4;/h5-8,10-11,14H,9H2,1-4H3,(H,17,18)(H,19,20);/q;+1/p-1. The number of carbonyl (C=O) groups is 2. The fourth-order valence-corrected chi connectivity index (χ4v) is 1.88. The summed E-state index contributed by atoms with van der Waals surface area (Å²) < 4.78 is 5.49. The summed E-state index contributed by atoms with van der Waals surface area (Å²) >= 11 is 0. The Hall–Kier alpha value is -1.04. The molecule has 0 fully saturated rings. The predicted molar refractivity (Wildman–Crippen MR) is 77.9 cm³/mol. The summed E-state index contributed by atoms with van der Waals surface area (Å²) in [6.07, 6.45) is 0.390. The van der Waals surface area contributed by atoms with Gasteiger partial charge in [-0.1, -0.05) is 13.8 Å². The minimum absolute atomic E-state index is 0. The monoisotopic (exact) mass is 315 g/mol. The van der Waals surface area contributed by atoms with Crippen LogP contribution in [0.4, 0.5) is 0 Å². The van der Waals surface area contributed by atoms with Gasteiger partial charge in [0.2, 0.25) is 0 Å². The molecule has 1 N–H and O–H groups in total. The molecule has 0 bridgehead atoms. The van der Waals surface area contributed by atoms with Gasteiger partial charge in [0.15, 0.2) is 0 Å². The van der Waals surface area contributed by atoms with Crippen LogP contribution >= 0.6 is 0 Å². The summed E-state index contributed by atoms with van der Waals surface area (Å²) in [5, 5.41) is 13.5. The number of rotatable bonds is 7. The summed E-state index contributed by atoms with van der Waals surface area (Å²) in [7, 11) is 0. The van der Waals surface area contributed by atoms with E-state index in [9.17, 15) is 14.7 Å². The second-order valence-electron chi connectivity index (χ2n) is 5.67. The Balaban J connectivity index is 0.00000441. The zero-order valence-corrected chi connectivity index (χ0v) is 15.9. The molecule has 1 aromatic rings. The number of benzene rings is 1. The largest absolute Gasteiger partial charge is 1.00 e. The van der Waals surface area contributed by atoms with E-state index in [-0.39, 0.29) is 41.6 Å². The zero-order chi connectivity index (χ0) is 16.0. The van der Waals surface area contributed by atoms with Crippen LogP contribution in [0.25, 0.3) is 0 Å². The molecule has 0 aromatic heterocycles. The first-order chi connectivity index (χ1) is 9.79. The molecule has 0 spiro atoms. The Morgan fingerprint density at radius 2 is 1.68 bits per heavy atom. The van der Waals surface area contributed by atoms with Crippen LogP contribution in [0.5, 0.6) is 5.75 Å². The maximum Gasteiger partial charge on any atom is 1.00 e. The molecule has 0 aliphatic carbocycles. The van der Waals surface area contributed by atoms with Crippen molar-refractivity contribution in [3.8, 4) is 5.75 Å². The molecule has 0 aliphatic heterocycles. The molecule has 22 heavy (non-hydrogen) atoms. The minimum Gasteiger partial charge on any atom is -0.548 e. The van der Waals surface area contributed by atoms with Crippen LogP contribution in [0.1, 0.15) is 44.5 Å². The molecule has 0 saturated carbocycles. The van der Waals surface area contributed by atoms with Crippen LogP contribution in [0.3, 0.4) is 0 Å². The Kier molecular flexibility index (Phi) is 9.41. The number of hydrogen-bond acceptors (Lipinski definition) is 4. The summed E-state index contributed by atoms with van der Waals surface area (Å²) in [6.45, 7) is 7.61. The number of amides is 1. The van der Waals surface area contributed by atoms with Crippen LogP contribution in [0.2, 0.25) is 0 Å². The quantitative estimate of drug-likeness (QED) is 0.613. The molecular formula is C16H22NNaO4. The fraction of sp³-hybridized carbons (Fsp3) is 0.500. The van der Waals surface area contributed by atoms with Gasteiger partial charge in [-0.05, 0) is 50.5 Å². The van der Waals surface area contributed by atoms with Gasteiger partial charge in [-0.2, -0.15) is 0 Å². The third-order valence-corrected chi connectivity index (χ3v) is 2.79. The van der Waals surface area contributed by atoms with E-state index in [0.29, 0.717) is 17.7 Å². The van der Waals surface area contributed by atoms with Crippen LogP contribution in [-0.4, -0.2) is 24.0 Å². The van der Waals surface area contributed by atoms with Gasteiger partial charge in [0.05, 0.1) is 18.1 Å². The molecule has 1 amide bonds. The number of aliphatic carboxylic acids is 1. The Bertz CT molecular complexity index is 485. The average molecular weight is 315 g/mol. The van der Waals surface area contributed by atoms with Crippen molar-refractivity contribution >= 4 is 11.9 Å². The van der Waals surface area contributed by atoms with Crippen molar-refractivity contribution in [1.29, 1.82) is 0 Å². The van der Waals surface area contributed by atoms with E-state index in [2.05, 4.69) is 5.32 Å². The molecule has 0 saturated heterocycles. The van der Waals surface area contributed by atoms with Crippen molar-refractivity contribution in [1.82, 2.24) is 5.32 Å². The summed E-state index contributed by atoms with van der Waals surface area (Å²) in [6, 6.07) is 5.60. The molecule has 1 rings (SSSR count). The SMILES string of the molecule is CC(C)CC(NC(=O)c1ccc(OC(C)C)cc1)C(=O)[O-].[Na+]. The van der Waals surface area contributed by atoms with Gasteiger partial charge < -0.3 is 20.0 Å². The molecule has 5 nitrogen and oxygen atoms in total. The van der Waals surface area contributed by atoms with Crippen LogP contribution in [0.15, 0.2) is 24.3 Å². The van der Waals surface area contributed by atoms with E-state index >= 15 is 0 Å². The van der Waals surface area contributed by atoms with Gasteiger partial charge in [0.1, 0.15) is 5.75 Å².